The summed E-state index contributed by atoms with van der Waals surface area (Å²) in [5.74, 6) is -0.514. The van der Waals surface area contributed by atoms with E-state index in [1.807, 2.05) is 82.3 Å². The molecule has 4 rings (SSSR count). The molecule has 0 aliphatic carbocycles. The molecular weight excluding hydrogens is 586 g/mol. The molecule has 0 heterocycles. The Kier molecular flexibility index (Phi) is 11.4. The fourth-order valence-electron chi connectivity index (χ4n) is 5.12. The summed E-state index contributed by atoms with van der Waals surface area (Å²) in [6, 6.07) is 30.9. The predicted molar refractivity (Wildman–Crippen MR) is 178 cm³/mol. The van der Waals surface area contributed by atoms with Gasteiger partial charge in [-0.15, -0.1) is 0 Å². The highest BCUT2D eigenvalue weighted by molar-refractivity contribution is 7.92. The van der Waals surface area contributed by atoms with E-state index < -0.39 is 28.5 Å². The molecular formula is C36H41N3O5S. The third kappa shape index (κ3) is 8.73. The van der Waals surface area contributed by atoms with Gasteiger partial charge >= 0.3 is 0 Å². The third-order valence-corrected chi connectivity index (χ3v) is 8.96. The molecule has 0 aliphatic rings. The van der Waals surface area contributed by atoms with Gasteiger partial charge in [0.25, 0.3) is 10.0 Å². The lowest BCUT2D eigenvalue weighted by molar-refractivity contribution is -0.140. The third-order valence-electron chi connectivity index (χ3n) is 7.18. The van der Waals surface area contributed by atoms with Gasteiger partial charge in [0.15, 0.2) is 0 Å². The fourth-order valence-corrected chi connectivity index (χ4v) is 6.56. The van der Waals surface area contributed by atoms with Gasteiger partial charge in [-0.05, 0) is 63.1 Å². The second-order valence-corrected chi connectivity index (χ2v) is 13.0. The Morgan fingerprint density at radius 3 is 2.09 bits per heavy atom. The first-order valence-electron chi connectivity index (χ1n) is 15.1. The number of para-hydroxylation sites is 2. The number of carbonyl (C=O) groups is 2. The van der Waals surface area contributed by atoms with Gasteiger partial charge in [0.1, 0.15) is 18.3 Å². The molecule has 0 saturated carbocycles. The first-order chi connectivity index (χ1) is 21.6. The van der Waals surface area contributed by atoms with Crippen molar-refractivity contribution < 1.29 is 22.7 Å². The second kappa shape index (κ2) is 15.4. The van der Waals surface area contributed by atoms with Crippen LogP contribution in [0.15, 0.2) is 114 Å². The molecule has 2 amide bonds. The van der Waals surface area contributed by atoms with E-state index in [9.17, 15) is 18.0 Å². The molecule has 0 spiro atoms. The Bertz CT molecular complexity index is 1680. The maximum atomic E-state index is 14.6. The highest BCUT2D eigenvalue weighted by atomic mass is 32.2. The molecule has 4 aromatic carbocycles. The van der Waals surface area contributed by atoms with Gasteiger partial charge in [-0.1, -0.05) is 90.5 Å². The van der Waals surface area contributed by atoms with Crippen molar-refractivity contribution in [2.45, 2.75) is 57.6 Å². The summed E-state index contributed by atoms with van der Waals surface area (Å²) in [5.41, 5.74) is 2.94. The summed E-state index contributed by atoms with van der Waals surface area (Å²) in [4.78, 5) is 29.9. The van der Waals surface area contributed by atoms with Crippen molar-refractivity contribution in [1.82, 2.24) is 10.2 Å². The lowest BCUT2D eigenvalue weighted by Gasteiger charge is -2.34. The lowest BCUT2D eigenvalue weighted by atomic mass is 10.0. The van der Waals surface area contributed by atoms with E-state index >= 15 is 0 Å². The smallest absolute Gasteiger partial charge is 0.264 e. The summed E-state index contributed by atoms with van der Waals surface area (Å²) < 4.78 is 35.3. The van der Waals surface area contributed by atoms with E-state index in [4.69, 9.17) is 4.74 Å². The monoisotopic (exact) mass is 627 g/mol. The van der Waals surface area contributed by atoms with Gasteiger partial charge < -0.3 is 15.0 Å². The molecule has 0 aromatic heterocycles. The van der Waals surface area contributed by atoms with Crippen LogP contribution in [0.25, 0.3) is 0 Å². The molecule has 0 bridgehead atoms. The number of nitrogens with zero attached hydrogens (tertiary/aromatic N) is 2. The first kappa shape index (κ1) is 33.3. The van der Waals surface area contributed by atoms with E-state index in [2.05, 4.69) is 5.32 Å². The van der Waals surface area contributed by atoms with Crippen LogP contribution in [0.1, 0.15) is 37.5 Å². The van der Waals surface area contributed by atoms with Gasteiger partial charge in [0.05, 0.1) is 17.2 Å². The summed E-state index contributed by atoms with van der Waals surface area (Å²) in [6.07, 6.45) is 0.248. The van der Waals surface area contributed by atoms with E-state index in [1.165, 1.54) is 17.0 Å². The van der Waals surface area contributed by atoms with Crippen molar-refractivity contribution in [3.8, 4) is 5.75 Å². The number of hydrogen-bond donors (Lipinski definition) is 1. The zero-order valence-corrected chi connectivity index (χ0v) is 27.0. The van der Waals surface area contributed by atoms with Crippen LogP contribution in [-0.4, -0.2) is 50.4 Å². The van der Waals surface area contributed by atoms with E-state index in [-0.39, 0.29) is 35.5 Å². The molecule has 8 nitrogen and oxygen atoms in total. The first-order valence-corrected chi connectivity index (χ1v) is 16.5. The van der Waals surface area contributed by atoms with Crippen molar-refractivity contribution in [2.75, 3.05) is 17.5 Å². The minimum absolute atomic E-state index is 0.0349. The fraction of sp³-hybridized carbons (Fsp3) is 0.278. The lowest BCUT2D eigenvalue weighted by Crippen LogP contribution is -2.54. The minimum Gasteiger partial charge on any atom is -0.492 e. The number of hydrogen-bond acceptors (Lipinski definition) is 5. The van der Waals surface area contributed by atoms with Crippen LogP contribution in [-0.2, 0) is 32.6 Å². The highest BCUT2D eigenvalue weighted by Crippen LogP contribution is 2.33. The number of aryl methyl sites for hydroxylation is 1. The average molecular weight is 628 g/mol. The van der Waals surface area contributed by atoms with Crippen LogP contribution in [0.2, 0.25) is 0 Å². The average Bonchev–Trinajstić information content (AvgIpc) is 3.02. The molecule has 0 radical (unpaired) electrons. The second-order valence-electron chi connectivity index (χ2n) is 11.1. The molecule has 1 N–H and O–H groups in total. The molecule has 1 atom stereocenters. The van der Waals surface area contributed by atoms with Gasteiger partial charge in [-0.2, -0.15) is 0 Å². The van der Waals surface area contributed by atoms with Crippen LogP contribution in [0, 0.1) is 6.92 Å². The maximum Gasteiger partial charge on any atom is 0.264 e. The largest absolute Gasteiger partial charge is 0.492 e. The summed E-state index contributed by atoms with van der Waals surface area (Å²) >= 11 is 0. The van der Waals surface area contributed by atoms with E-state index in [1.54, 1.807) is 42.5 Å². The summed E-state index contributed by atoms with van der Waals surface area (Å²) in [7, 11) is -4.22. The SMILES string of the molecule is CCOc1ccccc1N(CC(=O)N(Cc1cccc(C)c1)[C@H](Cc1ccccc1)C(=O)NC(C)C)S(=O)(=O)c1ccccc1. The normalized spacial score (nSPS) is 11.9. The molecule has 236 valence electrons. The topological polar surface area (TPSA) is 96.0 Å². The Morgan fingerprint density at radius 1 is 0.822 bits per heavy atom. The van der Waals surface area contributed by atoms with Crippen LogP contribution in [0.5, 0.6) is 5.75 Å². The molecule has 4 aromatic rings. The zero-order chi connectivity index (χ0) is 32.4. The van der Waals surface area contributed by atoms with Crippen molar-refractivity contribution in [1.29, 1.82) is 0 Å². The quantitative estimate of drug-likeness (QED) is 0.192. The van der Waals surface area contributed by atoms with Crippen molar-refractivity contribution in [3.05, 3.63) is 126 Å². The van der Waals surface area contributed by atoms with E-state index in [0.29, 0.717) is 12.4 Å². The molecule has 45 heavy (non-hydrogen) atoms. The summed E-state index contributed by atoms with van der Waals surface area (Å²) in [5, 5.41) is 2.98. The number of amides is 2. The van der Waals surface area contributed by atoms with Crippen LogP contribution < -0.4 is 14.4 Å². The number of benzene rings is 4. The van der Waals surface area contributed by atoms with Crippen molar-refractivity contribution >= 4 is 27.5 Å². The molecule has 0 unspecified atom stereocenters. The number of ether oxygens (including phenoxy) is 1. The Labute approximate surface area is 266 Å². The number of nitrogens with one attached hydrogen (secondary N) is 1. The highest BCUT2D eigenvalue weighted by Gasteiger charge is 2.35. The molecule has 0 saturated heterocycles. The number of sulfonamides is 1. The van der Waals surface area contributed by atoms with Gasteiger partial charge in [-0.25, -0.2) is 8.42 Å². The molecule has 0 fully saturated rings. The van der Waals surface area contributed by atoms with Crippen molar-refractivity contribution in [2.24, 2.45) is 0 Å². The molecule has 0 aliphatic heterocycles. The van der Waals surface area contributed by atoms with E-state index in [0.717, 1.165) is 21.0 Å². The summed E-state index contributed by atoms with van der Waals surface area (Å²) in [6.45, 7) is 7.36. The maximum absolute atomic E-state index is 14.6. The molecule has 9 heteroatoms. The number of anilines is 1. The standard InChI is InChI=1S/C36H41N3O5S/c1-5-44-34-22-13-12-21-32(34)39(45(42,43)31-19-10-7-11-20-31)26-35(40)38(25-30-18-14-15-28(4)23-30)33(36(41)37-27(2)3)24-29-16-8-6-9-17-29/h6-23,27,33H,5,24-26H2,1-4H3,(H,37,41)/t33-/m1/s1. The Morgan fingerprint density at radius 2 is 1.44 bits per heavy atom. The van der Waals surface area contributed by atoms with Crippen molar-refractivity contribution in [3.63, 3.8) is 0 Å². The predicted octanol–water partition coefficient (Wildman–Crippen LogP) is 5.75. The van der Waals surface area contributed by atoms with Crippen LogP contribution in [0.4, 0.5) is 5.69 Å². The van der Waals surface area contributed by atoms with Gasteiger partial charge in [0, 0.05) is 19.0 Å². The number of rotatable bonds is 14. The van der Waals surface area contributed by atoms with Gasteiger partial charge in [0.2, 0.25) is 11.8 Å². The Balaban J connectivity index is 1.83. The van der Waals surface area contributed by atoms with Crippen LogP contribution >= 0.6 is 0 Å². The Hall–Kier alpha value is -4.63. The minimum atomic E-state index is -4.22. The number of carbonyl (C=O) groups excluding carboxylic acids is 2. The zero-order valence-electron chi connectivity index (χ0n) is 26.2. The van der Waals surface area contributed by atoms with Gasteiger partial charge in [-0.3, -0.25) is 13.9 Å². The van der Waals surface area contributed by atoms with Crippen LogP contribution in [0.3, 0.4) is 0 Å².